The number of pyridine rings is 1. The van der Waals surface area contributed by atoms with Gasteiger partial charge in [-0.3, -0.25) is 9.20 Å². The fourth-order valence-electron chi connectivity index (χ4n) is 4.83. The number of nitrogens with one attached hydrogen (secondary N) is 1. The van der Waals surface area contributed by atoms with Crippen molar-refractivity contribution in [1.29, 1.82) is 0 Å². The van der Waals surface area contributed by atoms with Gasteiger partial charge < -0.3 is 15.9 Å². The number of ether oxygens (including phenoxy) is 1. The Labute approximate surface area is 273 Å². The van der Waals surface area contributed by atoms with Crippen LogP contribution >= 0.6 is 51.5 Å². The number of aryl methyl sites for hydroxylation is 1. The number of amides is 1. The lowest BCUT2D eigenvalue weighted by molar-refractivity contribution is -0.124. The van der Waals surface area contributed by atoms with Gasteiger partial charge >= 0.3 is 0 Å². The Kier molecular flexibility index (Phi) is 10.6. The van der Waals surface area contributed by atoms with E-state index < -0.39 is 16.1 Å². The number of carbonyl (C=O) groups excluding carboxylic acids is 1. The van der Waals surface area contributed by atoms with E-state index in [2.05, 4.69) is 31.3 Å². The molecule has 1 aliphatic rings. The maximum absolute atomic E-state index is 13.8. The number of fused-ring (bicyclic) bond motifs is 1. The molecule has 43 heavy (non-hydrogen) atoms. The summed E-state index contributed by atoms with van der Waals surface area (Å²) in [6.45, 7) is 2.20. The summed E-state index contributed by atoms with van der Waals surface area (Å²) < 4.78 is 37.5. The van der Waals surface area contributed by atoms with E-state index >= 15 is 0 Å². The van der Waals surface area contributed by atoms with E-state index in [1.54, 1.807) is 6.07 Å². The molecule has 2 aromatic carbocycles. The van der Waals surface area contributed by atoms with Crippen molar-refractivity contribution >= 4 is 79.3 Å². The molecule has 4 aromatic rings. The molecule has 1 fully saturated rings. The van der Waals surface area contributed by atoms with Crippen LogP contribution in [0.4, 0.5) is 0 Å². The molecule has 2 aromatic heterocycles. The summed E-state index contributed by atoms with van der Waals surface area (Å²) in [6.07, 6.45) is 4.29. The Balaban J connectivity index is 0.00000423. The fourth-order valence-corrected chi connectivity index (χ4v) is 7.72. The third kappa shape index (κ3) is 6.79. The predicted octanol–water partition coefficient (Wildman–Crippen LogP) is 5.47. The number of benzene rings is 2. The van der Waals surface area contributed by atoms with E-state index in [0.717, 1.165) is 21.4 Å². The number of imidazole rings is 1. The zero-order valence-corrected chi connectivity index (χ0v) is 27.6. The molecule has 228 valence electrons. The minimum Gasteiger partial charge on any atom is -0.485 e. The van der Waals surface area contributed by atoms with Gasteiger partial charge in [0, 0.05) is 29.9 Å². The maximum Gasteiger partial charge on any atom is 0.245 e. The van der Waals surface area contributed by atoms with Gasteiger partial charge in [-0.05, 0) is 71.1 Å². The predicted molar refractivity (Wildman–Crippen MR) is 173 cm³/mol. The number of aromatic nitrogens is 2. The van der Waals surface area contributed by atoms with Crippen molar-refractivity contribution in [3.63, 3.8) is 0 Å². The lowest BCUT2D eigenvalue weighted by Crippen LogP contribution is -2.45. The highest BCUT2D eigenvalue weighted by molar-refractivity contribution is 9.10. The van der Waals surface area contributed by atoms with E-state index in [1.807, 2.05) is 47.9 Å². The lowest BCUT2D eigenvalue weighted by Gasteiger charge is -2.24. The quantitative estimate of drug-likeness (QED) is 0.133. The first-order chi connectivity index (χ1) is 20.1. The lowest BCUT2D eigenvalue weighted by atomic mass is 10.1. The Hall–Kier alpha value is -2.87. The molecule has 1 aliphatic heterocycles. The van der Waals surface area contributed by atoms with Crippen LogP contribution in [0.15, 0.2) is 69.3 Å². The first-order valence-corrected chi connectivity index (χ1v) is 15.9. The first kappa shape index (κ1) is 33.0. The van der Waals surface area contributed by atoms with Crippen LogP contribution in [0.1, 0.15) is 35.2 Å². The van der Waals surface area contributed by atoms with E-state index in [9.17, 15) is 13.2 Å². The number of hydrazone groups is 1. The largest absolute Gasteiger partial charge is 0.485 e. The highest BCUT2D eigenvalue weighted by Gasteiger charge is 2.40. The van der Waals surface area contributed by atoms with Crippen molar-refractivity contribution in [2.24, 2.45) is 10.9 Å². The summed E-state index contributed by atoms with van der Waals surface area (Å²) in [5.74, 6) is 5.27. The Morgan fingerprint density at radius 2 is 1.98 bits per heavy atom. The molecule has 3 N–H and O–H groups in total. The highest BCUT2D eigenvalue weighted by Crippen LogP contribution is 2.36. The van der Waals surface area contributed by atoms with Crippen LogP contribution in [-0.4, -0.2) is 46.8 Å². The van der Waals surface area contributed by atoms with Crippen molar-refractivity contribution < 1.29 is 17.9 Å². The number of hydrogen-bond acceptors (Lipinski definition) is 7. The van der Waals surface area contributed by atoms with Gasteiger partial charge in [0.1, 0.15) is 22.1 Å². The van der Waals surface area contributed by atoms with Gasteiger partial charge in [0.15, 0.2) is 11.4 Å². The van der Waals surface area contributed by atoms with Gasteiger partial charge in [-0.2, -0.15) is 9.41 Å². The number of rotatable bonds is 9. The van der Waals surface area contributed by atoms with Crippen LogP contribution < -0.4 is 15.9 Å². The third-order valence-corrected chi connectivity index (χ3v) is 10.8. The summed E-state index contributed by atoms with van der Waals surface area (Å²) in [6, 6.07) is 12.8. The summed E-state index contributed by atoms with van der Waals surface area (Å²) >= 11 is 16.6. The number of sulfonamides is 1. The normalized spacial score (nSPS) is 15.6. The number of hydrogen-bond donors (Lipinski definition) is 2. The molecule has 1 saturated heterocycles. The van der Waals surface area contributed by atoms with Crippen molar-refractivity contribution in [1.82, 2.24) is 19.0 Å². The highest BCUT2D eigenvalue weighted by atomic mass is 79.9. The number of nitrogens with two attached hydrogens (primary N) is 1. The molecule has 0 aliphatic carbocycles. The minimum absolute atomic E-state index is 0. The maximum atomic E-state index is 13.8. The van der Waals surface area contributed by atoms with Crippen molar-refractivity contribution in [3.05, 3.63) is 91.8 Å². The summed E-state index contributed by atoms with van der Waals surface area (Å²) in [5.41, 5.74) is 3.36. The molecule has 1 atom stereocenters. The molecular formula is C28H28BrCl3N6O4S. The summed E-state index contributed by atoms with van der Waals surface area (Å²) in [4.78, 5) is 17.5. The second-order valence-electron chi connectivity index (χ2n) is 9.69. The van der Waals surface area contributed by atoms with Crippen LogP contribution in [0.5, 0.6) is 5.75 Å². The van der Waals surface area contributed by atoms with Crippen LogP contribution in [-0.2, 0) is 28.0 Å². The van der Waals surface area contributed by atoms with E-state index in [-0.39, 0.29) is 53.0 Å². The first-order valence-electron chi connectivity index (χ1n) is 13.0. The molecule has 15 heteroatoms. The molecule has 0 bridgehead atoms. The second-order valence-corrected chi connectivity index (χ2v) is 13.1. The molecule has 1 amide bonds. The van der Waals surface area contributed by atoms with E-state index in [1.165, 1.54) is 22.7 Å². The SMILES string of the molecule is Cc1nc2c(OCc3c(Cl)ccc(S(=O)(=O)N4CCC[C@H]4C(=O)NCc4ccc(C=NN)cc4)c3Cl)cccn2c1Br.Cl. The average molecular weight is 731 g/mol. The zero-order chi connectivity index (χ0) is 30.0. The van der Waals surface area contributed by atoms with Crippen molar-refractivity contribution in [2.75, 3.05) is 6.54 Å². The smallest absolute Gasteiger partial charge is 0.245 e. The molecule has 10 nitrogen and oxygen atoms in total. The van der Waals surface area contributed by atoms with Crippen LogP contribution in [0, 0.1) is 6.92 Å². The van der Waals surface area contributed by atoms with Gasteiger partial charge in [0.25, 0.3) is 0 Å². The van der Waals surface area contributed by atoms with Crippen LogP contribution in [0.25, 0.3) is 5.65 Å². The summed E-state index contributed by atoms with van der Waals surface area (Å²) in [5, 5.41) is 6.54. The number of nitrogens with zero attached hydrogens (tertiary/aromatic N) is 4. The van der Waals surface area contributed by atoms with Crippen molar-refractivity contribution in [3.8, 4) is 5.75 Å². The molecule has 5 rings (SSSR count). The van der Waals surface area contributed by atoms with Gasteiger partial charge in [-0.1, -0.05) is 47.5 Å². The van der Waals surface area contributed by atoms with Gasteiger partial charge in [-0.25, -0.2) is 13.4 Å². The minimum atomic E-state index is -4.14. The average Bonchev–Trinajstić information content (AvgIpc) is 3.58. The molecule has 3 heterocycles. The standard InChI is InChI=1S/C28H27BrCl2N6O4S.ClH/c1-17-26(29)36-12-3-5-23(27(36)35-17)41-16-20-21(30)10-11-24(25(20)31)42(39,40)37-13-2-4-22(37)28(38)33-14-18-6-8-19(9-7-18)15-34-32;/h3,5-12,15,22H,2,4,13-14,16,32H2,1H3,(H,33,38);1H/t22-;/m0./s1. The Morgan fingerprint density at radius 3 is 2.70 bits per heavy atom. The molecule has 0 saturated carbocycles. The fraction of sp³-hybridized carbons (Fsp3) is 0.250. The van der Waals surface area contributed by atoms with E-state index in [4.69, 9.17) is 33.8 Å². The Morgan fingerprint density at radius 1 is 1.23 bits per heavy atom. The topological polar surface area (TPSA) is 131 Å². The van der Waals surface area contributed by atoms with Crippen LogP contribution in [0.3, 0.4) is 0 Å². The molecular weight excluding hydrogens is 703 g/mol. The van der Waals surface area contributed by atoms with Gasteiger partial charge in [0.05, 0.1) is 16.9 Å². The van der Waals surface area contributed by atoms with Gasteiger partial charge in [-0.15, -0.1) is 12.4 Å². The second kappa shape index (κ2) is 13.8. The van der Waals surface area contributed by atoms with Crippen LogP contribution in [0.2, 0.25) is 10.0 Å². The summed E-state index contributed by atoms with van der Waals surface area (Å²) in [7, 11) is -4.14. The zero-order valence-electron chi connectivity index (χ0n) is 22.8. The molecule has 0 spiro atoms. The molecule has 0 unspecified atom stereocenters. The van der Waals surface area contributed by atoms with E-state index in [0.29, 0.717) is 29.8 Å². The molecule has 0 radical (unpaired) electrons. The Bertz CT molecular complexity index is 1780. The monoisotopic (exact) mass is 728 g/mol. The number of halogens is 4. The number of carbonyl (C=O) groups is 1. The van der Waals surface area contributed by atoms with Crippen molar-refractivity contribution in [2.45, 2.75) is 43.9 Å². The third-order valence-electron chi connectivity index (χ3n) is 7.00. The van der Waals surface area contributed by atoms with Gasteiger partial charge in [0.2, 0.25) is 15.9 Å².